The molecule has 0 radical (unpaired) electrons. The molecule has 2 aliphatic rings. The number of nitrogens with two attached hydrogens (primary N) is 1. The number of nitrogens with one attached hydrogen (secondary N) is 1. The molecule has 2 rings (SSSR count). The summed E-state index contributed by atoms with van der Waals surface area (Å²) in [6.07, 6.45) is 8.34. The molecule has 0 aromatic carbocycles. The lowest BCUT2D eigenvalue weighted by atomic mass is 9.71. The van der Waals surface area contributed by atoms with Crippen molar-refractivity contribution >= 4 is 0 Å². The highest BCUT2D eigenvalue weighted by Crippen LogP contribution is 2.41. The summed E-state index contributed by atoms with van der Waals surface area (Å²) in [4.78, 5) is 0. The smallest absolute Gasteiger partial charge is 0.0267 e. The van der Waals surface area contributed by atoms with Crippen molar-refractivity contribution in [2.45, 2.75) is 65.3 Å². The van der Waals surface area contributed by atoms with E-state index in [0.717, 1.165) is 29.6 Å². The van der Waals surface area contributed by atoms with Gasteiger partial charge in [-0.1, -0.05) is 27.2 Å². The Morgan fingerprint density at radius 1 is 0.824 bits per heavy atom. The topological polar surface area (TPSA) is 38.0 Å². The molecule has 0 amide bonds. The van der Waals surface area contributed by atoms with Gasteiger partial charge < -0.3 is 0 Å². The van der Waals surface area contributed by atoms with Crippen LogP contribution in [0.25, 0.3) is 0 Å². The maximum absolute atomic E-state index is 5.87. The first kappa shape index (κ1) is 13.4. The maximum atomic E-state index is 5.87. The average molecular weight is 238 g/mol. The molecule has 0 aliphatic heterocycles. The second-order valence-electron chi connectivity index (χ2n) is 7.05. The lowest BCUT2D eigenvalue weighted by molar-refractivity contribution is 0.143. The molecule has 0 spiro atoms. The van der Waals surface area contributed by atoms with Crippen molar-refractivity contribution in [2.75, 3.05) is 0 Å². The van der Waals surface area contributed by atoms with Gasteiger partial charge in [0.2, 0.25) is 0 Å². The molecule has 17 heavy (non-hydrogen) atoms. The van der Waals surface area contributed by atoms with Crippen molar-refractivity contribution in [3.63, 3.8) is 0 Å². The first-order valence-electron chi connectivity index (χ1n) is 7.56. The predicted molar refractivity (Wildman–Crippen MR) is 73.3 cm³/mol. The predicted octanol–water partition coefficient (Wildman–Crippen LogP) is 3.33. The van der Waals surface area contributed by atoms with Crippen LogP contribution in [0, 0.1) is 29.6 Å². The monoisotopic (exact) mass is 238 g/mol. The maximum Gasteiger partial charge on any atom is 0.0267 e. The fourth-order valence-corrected chi connectivity index (χ4v) is 4.54. The van der Waals surface area contributed by atoms with E-state index < -0.39 is 0 Å². The third kappa shape index (κ3) is 3.23. The molecule has 0 bridgehead atoms. The highest BCUT2D eigenvalue weighted by Gasteiger charge is 2.36. The molecule has 2 saturated carbocycles. The first-order chi connectivity index (χ1) is 8.10. The molecular formula is C15H30N2. The minimum absolute atomic E-state index is 0.574. The van der Waals surface area contributed by atoms with Crippen LogP contribution in [0.15, 0.2) is 0 Å². The normalized spacial score (nSPS) is 44.8. The van der Waals surface area contributed by atoms with Crippen LogP contribution in [0.2, 0.25) is 0 Å². The van der Waals surface area contributed by atoms with E-state index in [1.54, 1.807) is 0 Å². The van der Waals surface area contributed by atoms with Gasteiger partial charge in [0.25, 0.3) is 0 Å². The van der Waals surface area contributed by atoms with Gasteiger partial charge >= 0.3 is 0 Å². The lowest BCUT2D eigenvalue weighted by Gasteiger charge is -2.38. The summed E-state index contributed by atoms with van der Waals surface area (Å²) < 4.78 is 0. The lowest BCUT2D eigenvalue weighted by Crippen LogP contribution is -2.47. The molecular weight excluding hydrogens is 208 g/mol. The first-order valence-corrected chi connectivity index (χ1v) is 7.56. The Hall–Kier alpha value is -0.0800. The van der Waals surface area contributed by atoms with Crippen LogP contribution in [0.1, 0.15) is 59.3 Å². The summed E-state index contributed by atoms with van der Waals surface area (Å²) in [5.41, 5.74) is 3.18. The number of hydrazine groups is 1. The average Bonchev–Trinajstić information content (AvgIpc) is 2.64. The van der Waals surface area contributed by atoms with Crippen molar-refractivity contribution < 1.29 is 0 Å². The Bertz CT molecular complexity index is 231. The molecule has 2 aliphatic carbocycles. The highest BCUT2D eigenvalue weighted by molar-refractivity contribution is 4.90. The minimum Gasteiger partial charge on any atom is -0.271 e. The molecule has 0 aromatic heterocycles. The van der Waals surface area contributed by atoms with Gasteiger partial charge in [0.05, 0.1) is 0 Å². The molecule has 5 unspecified atom stereocenters. The van der Waals surface area contributed by atoms with Crippen LogP contribution in [-0.2, 0) is 0 Å². The Morgan fingerprint density at radius 2 is 1.41 bits per heavy atom. The molecule has 5 atom stereocenters. The minimum atomic E-state index is 0.574. The van der Waals surface area contributed by atoms with Crippen molar-refractivity contribution in [1.82, 2.24) is 5.43 Å². The van der Waals surface area contributed by atoms with Gasteiger partial charge in [0.1, 0.15) is 0 Å². The highest BCUT2D eigenvalue weighted by atomic mass is 15.2. The molecule has 2 heteroatoms. The van der Waals surface area contributed by atoms with Gasteiger partial charge in [-0.15, -0.1) is 0 Å². The number of hydrogen-bond acceptors (Lipinski definition) is 2. The standard InChI is InChI=1S/C15H30N2/c1-10-4-5-13(7-10)15(17-16)14-8-11(2)6-12(3)9-14/h10-15,17H,4-9,16H2,1-3H3. The van der Waals surface area contributed by atoms with E-state index in [0.29, 0.717) is 6.04 Å². The van der Waals surface area contributed by atoms with E-state index in [4.69, 9.17) is 5.84 Å². The van der Waals surface area contributed by atoms with Gasteiger partial charge in [0, 0.05) is 6.04 Å². The Balaban J connectivity index is 1.97. The fraction of sp³-hybridized carbons (Fsp3) is 1.00. The van der Waals surface area contributed by atoms with Crippen LogP contribution in [0.5, 0.6) is 0 Å². The van der Waals surface area contributed by atoms with Crippen molar-refractivity contribution in [3.8, 4) is 0 Å². The Labute approximate surface area is 107 Å². The van der Waals surface area contributed by atoms with Crippen molar-refractivity contribution in [2.24, 2.45) is 35.4 Å². The number of hydrogen-bond donors (Lipinski definition) is 2. The molecule has 2 fully saturated rings. The summed E-state index contributed by atoms with van der Waals surface area (Å²) >= 11 is 0. The van der Waals surface area contributed by atoms with E-state index >= 15 is 0 Å². The van der Waals surface area contributed by atoms with E-state index in [1.807, 2.05) is 0 Å². The van der Waals surface area contributed by atoms with Gasteiger partial charge in [0.15, 0.2) is 0 Å². The zero-order chi connectivity index (χ0) is 12.4. The number of rotatable bonds is 3. The van der Waals surface area contributed by atoms with E-state index in [1.165, 1.54) is 38.5 Å². The summed E-state index contributed by atoms with van der Waals surface area (Å²) in [5.74, 6) is 10.2. The van der Waals surface area contributed by atoms with Crippen LogP contribution < -0.4 is 11.3 Å². The van der Waals surface area contributed by atoms with E-state index in [2.05, 4.69) is 26.2 Å². The summed E-state index contributed by atoms with van der Waals surface area (Å²) in [6, 6.07) is 0.574. The van der Waals surface area contributed by atoms with Gasteiger partial charge in [-0.05, 0) is 61.7 Å². The van der Waals surface area contributed by atoms with Crippen LogP contribution in [0.4, 0.5) is 0 Å². The van der Waals surface area contributed by atoms with Crippen molar-refractivity contribution in [3.05, 3.63) is 0 Å². The molecule has 0 saturated heterocycles. The van der Waals surface area contributed by atoms with Crippen LogP contribution in [-0.4, -0.2) is 6.04 Å². The largest absolute Gasteiger partial charge is 0.271 e. The summed E-state index contributed by atoms with van der Waals surface area (Å²) in [7, 11) is 0. The Morgan fingerprint density at radius 3 is 1.88 bits per heavy atom. The third-order valence-corrected chi connectivity index (χ3v) is 5.16. The van der Waals surface area contributed by atoms with E-state index in [9.17, 15) is 0 Å². The zero-order valence-electron chi connectivity index (χ0n) is 11.8. The molecule has 0 aromatic rings. The third-order valence-electron chi connectivity index (χ3n) is 5.16. The van der Waals surface area contributed by atoms with Gasteiger partial charge in [-0.25, -0.2) is 0 Å². The van der Waals surface area contributed by atoms with Gasteiger partial charge in [-0.2, -0.15) is 0 Å². The van der Waals surface area contributed by atoms with Gasteiger partial charge in [-0.3, -0.25) is 11.3 Å². The van der Waals surface area contributed by atoms with E-state index in [-0.39, 0.29) is 0 Å². The fourth-order valence-electron chi connectivity index (χ4n) is 4.54. The molecule has 100 valence electrons. The second-order valence-corrected chi connectivity index (χ2v) is 7.05. The molecule has 2 nitrogen and oxygen atoms in total. The second kappa shape index (κ2) is 5.71. The Kier molecular flexibility index (Phi) is 4.48. The summed E-state index contributed by atoms with van der Waals surface area (Å²) in [6.45, 7) is 7.21. The SMILES string of the molecule is CC1CCC(C(NN)C2CC(C)CC(C)C2)C1. The van der Waals surface area contributed by atoms with Crippen molar-refractivity contribution in [1.29, 1.82) is 0 Å². The molecule has 0 heterocycles. The molecule has 3 N–H and O–H groups in total. The zero-order valence-corrected chi connectivity index (χ0v) is 11.8. The van der Waals surface area contributed by atoms with Crippen LogP contribution in [0.3, 0.4) is 0 Å². The summed E-state index contributed by atoms with van der Waals surface area (Å²) in [5, 5.41) is 0. The quantitative estimate of drug-likeness (QED) is 0.584. The van der Waals surface area contributed by atoms with Crippen LogP contribution >= 0.6 is 0 Å².